The van der Waals surface area contributed by atoms with E-state index in [-0.39, 0.29) is 10.5 Å². The van der Waals surface area contributed by atoms with Gasteiger partial charge in [-0.3, -0.25) is 9.10 Å². The van der Waals surface area contributed by atoms with Crippen LogP contribution in [0, 0.1) is 18.3 Å². The van der Waals surface area contributed by atoms with Crippen molar-refractivity contribution in [2.45, 2.75) is 31.6 Å². The Kier molecular flexibility index (Phi) is 4.24. The molecule has 1 aliphatic heterocycles. The molecular weight excluding hydrogens is 374 g/mol. The lowest BCUT2D eigenvalue weighted by Crippen LogP contribution is -2.29. The third-order valence-corrected chi connectivity index (χ3v) is 7.17. The first-order valence-electron chi connectivity index (χ1n) is 9.08. The van der Waals surface area contributed by atoms with Crippen LogP contribution in [0.2, 0.25) is 0 Å². The first-order chi connectivity index (χ1) is 13.4. The second-order valence-electron chi connectivity index (χ2n) is 6.91. The van der Waals surface area contributed by atoms with Crippen molar-refractivity contribution in [2.75, 3.05) is 10.8 Å². The molecule has 0 spiro atoms. The number of hydrogen-bond donors (Lipinski definition) is 1. The molecule has 0 amide bonds. The van der Waals surface area contributed by atoms with Crippen LogP contribution in [0.5, 0.6) is 0 Å². The zero-order valence-corrected chi connectivity index (χ0v) is 16.4. The van der Waals surface area contributed by atoms with Crippen molar-refractivity contribution in [2.24, 2.45) is 0 Å². The van der Waals surface area contributed by atoms with Crippen LogP contribution < -0.4 is 9.86 Å². The molecule has 0 fully saturated rings. The van der Waals surface area contributed by atoms with Gasteiger partial charge in [-0.2, -0.15) is 5.26 Å². The number of sulfonamides is 1. The van der Waals surface area contributed by atoms with E-state index in [0.29, 0.717) is 40.6 Å². The smallest absolute Gasteiger partial charge is 0.264 e. The summed E-state index contributed by atoms with van der Waals surface area (Å²) in [6.45, 7) is 4.09. The Morgan fingerprint density at radius 1 is 1.29 bits per heavy atom. The molecule has 1 aliphatic rings. The quantitative estimate of drug-likeness (QED) is 0.740. The summed E-state index contributed by atoms with van der Waals surface area (Å²) in [7, 11) is -3.90. The molecule has 0 saturated carbocycles. The Hall–Kier alpha value is -3.11. The second kappa shape index (κ2) is 6.50. The molecule has 0 unspecified atom stereocenters. The maximum Gasteiger partial charge on any atom is 0.264 e. The number of aromatic amines is 1. The Bertz CT molecular complexity index is 1320. The molecule has 2 aromatic carbocycles. The summed E-state index contributed by atoms with van der Waals surface area (Å²) in [5.74, 6) is 0. The number of anilines is 1. The van der Waals surface area contributed by atoms with Gasteiger partial charge in [0.2, 0.25) is 0 Å². The summed E-state index contributed by atoms with van der Waals surface area (Å²) < 4.78 is 28.6. The van der Waals surface area contributed by atoms with Gasteiger partial charge in [0.25, 0.3) is 15.6 Å². The number of fused-ring (bicyclic) bond motifs is 2. The van der Waals surface area contributed by atoms with E-state index in [0.717, 1.165) is 17.5 Å². The van der Waals surface area contributed by atoms with Crippen LogP contribution in [0.25, 0.3) is 10.8 Å². The number of pyridine rings is 1. The fourth-order valence-corrected chi connectivity index (χ4v) is 5.74. The lowest BCUT2D eigenvalue weighted by molar-refractivity contribution is 0.593. The van der Waals surface area contributed by atoms with E-state index >= 15 is 0 Å². The van der Waals surface area contributed by atoms with Crippen molar-refractivity contribution in [3.8, 4) is 6.07 Å². The predicted molar refractivity (Wildman–Crippen MR) is 108 cm³/mol. The average Bonchev–Trinajstić information content (AvgIpc) is 3.14. The lowest BCUT2D eigenvalue weighted by Gasteiger charge is -2.21. The molecule has 28 heavy (non-hydrogen) atoms. The number of aromatic nitrogens is 1. The van der Waals surface area contributed by atoms with Crippen molar-refractivity contribution < 1.29 is 8.42 Å². The average molecular weight is 393 g/mol. The van der Waals surface area contributed by atoms with Gasteiger partial charge in [0.1, 0.15) is 0 Å². The van der Waals surface area contributed by atoms with Gasteiger partial charge in [-0.15, -0.1) is 0 Å². The molecule has 0 aliphatic carbocycles. The Morgan fingerprint density at radius 3 is 2.79 bits per heavy atom. The van der Waals surface area contributed by atoms with Crippen LogP contribution in [-0.2, 0) is 22.9 Å². The van der Waals surface area contributed by atoms with Gasteiger partial charge in [-0.1, -0.05) is 13.0 Å². The zero-order chi connectivity index (χ0) is 20.1. The second-order valence-corrected chi connectivity index (χ2v) is 8.74. The molecular formula is C21H19N3O3S. The SMILES string of the molecule is CCc1cc(C#N)cc2c1CCN2S(=O)(=O)c1cccc2c(=O)[nH]cc(C)c12. The number of nitrogens with zero attached hydrogens (tertiary/aromatic N) is 2. The molecule has 0 radical (unpaired) electrons. The molecule has 7 heteroatoms. The van der Waals surface area contributed by atoms with Gasteiger partial charge < -0.3 is 4.98 Å². The highest BCUT2D eigenvalue weighted by molar-refractivity contribution is 7.93. The molecule has 3 aromatic rings. The molecule has 1 N–H and O–H groups in total. The van der Waals surface area contributed by atoms with E-state index in [1.807, 2.05) is 13.0 Å². The predicted octanol–water partition coefficient (Wildman–Crippen LogP) is 3.02. The minimum atomic E-state index is -3.90. The Labute approximate surface area is 163 Å². The van der Waals surface area contributed by atoms with Gasteiger partial charge >= 0.3 is 0 Å². The molecule has 4 rings (SSSR count). The highest BCUT2D eigenvalue weighted by Gasteiger charge is 2.33. The molecule has 1 aromatic heterocycles. The highest BCUT2D eigenvalue weighted by atomic mass is 32.2. The van der Waals surface area contributed by atoms with Crippen molar-refractivity contribution in [3.05, 3.63) is 69.1 Å². The summed E-state index contributed by atoms with van der Waals surface area (Å²) in [4.78, 5) is 14.9. The minimum Gasteiger partial charge on any atom is -0.328 e. The molecule has 0 saturated heterocycles. The third-order valence-electron chi connectivity index (χ3n) is 5.32. The fraction of sp³-hybridized carbons (Fsp3) is 0.238. The molecule has 0 bridgehead atoms. The third kappa shape index (κ3) is 2.60. The van der Waals surface area contributed by atoms with Gasteiger partial charge in [0.15, 0.2) is 0 Å². The maximum atomic E-state index is 13.6. The van der Waals surface area contributed by atoms with Crippen LogP contribution in [-0.4, -0.2) is 19.9 Å². The van der Waals surface area contributed by atoms with Crippen LogP contribution in [0.1, 0.15) is 29.2 Å². The summed E-state index contributed by atoms with van der Waals surface area (Å²) in [5.41, 5.74) is 3.35. The van der Waals surface area contributed by atoms with Gasteiger partial charge in [-0.25, -0.2) is 8.42 Å². The number of nitrogens with one attached hydrogen (secondary N) is 1. The van der Waals surface area contributed by atoms with E-state index in [9.17, 15) is 18.5 Å². The number of aryl methyl sites for hydroxylation is 2. The monoisotopic (exact) mass is 393 g/mol. The van der Waals surface area contributed by atoms with Crippen molar-refractivity contribution in [1.82, 2.24) is 4.98 Å². The summed E-state index contributed by atoms with van der Waals surface area (Å²) in [6, 6.07) is 10.3. The largest absolute Gasteiger partial charge is 0.328 e. The molecule has 6 nitrogen and oxygen atoms in total. The lowest BCUT2D eigenvalue weighted by atomic mass is 10.00. The van der Waals surface area contributed by atoms with Crippen LogP contribution in [0.4, 0.5) is 5.69 Å². The van der Waals surface area contributed by atoms with E-state index < -0.39 is 10.0 Å². The highest BCUT2D eigenvalue weighted by Crippen LogP contribution is 2.38. The number of rotatable bonds is 3. The summed E-state index contributed by atoms with van der Waals surface area (Å²) in [5, 5.41) is 10.1. The van der Waals surface area contributed by atoms with E-state index in [1.165, 1.54) is 16.6 Å². The standard InChI is InChI=1S/C21H19N3O3S/c1-3-15-9-14(11-22)10-18-16(15)7-8-24(18)28(26,27)19-6-4-5-17-20(19)13(2)12-23-21(17)25/h4-6,9-10,12H,3,7-8H2,1-2H3,(H,23,25). The van der Waals surface area contributed by atoms with Crippen molar-refractivity contribution in [1.29, 1.82) is 5.26 Å². The van der Waals surface area contributed by atoms with E-state index in [2.05, 4.69) is 11.1 Å². The molecule has 0 atom stereocenters. The van der Waals surface area contributed by atoms with Gasteiger partial charge in [0.05, 0.1) is 22.2 Å². The van der Waals surface area contributed by atoms with Crippen molar-refractivity contribution >= 4 is 26.5 Å². The topological polar surface area (TPSA) is 94.0 Å². The van der Waals surface area contributed by atoms with E-state index in [1.54, 1.807) is 25.1 Å². The first-order valence-corrected chi connectivity index (χ1v) is 10.5. The van der Waals surface area contributed by atoms with Gasteiger partial charge in [0, 0.05) is 23.5 Å². The van der Waals surface area contributed by atoms with Crippen LogP contribution >= 0.6 is 0 Å². The van der Waals surface area contributed by atoms with Crippen LogP contribution in [0.3, 0.4) is 0 Å². The number of H-pyrrole nitrogens is 1. The molecule has 142 valence electrons. The minimum absolute atomic E-state index is 0.113. The Balaban J connectivity index is 1.97. The van der Waals surface area contributed by atoms with Crippen LogP contribution in [0.15, 0.2) is 46.2 Å². The Morgan fingerprint density at radius 2 is 2.07 bits per heavy atom. The first kappa shape index (κ1) is 18.3. The maximum absolute atomic E-state index is 13.6. The molecule has 2 heterocycles. The van der Waals surface area contributed by atoms with Gasteiger partial charge in [-0.05, 0) is 60.7 Å². The number of nitriles is 1. The normalized spacial score (nSPS) is 13.5. The summed E-state index contributed by atoms with van der Waals surface area (Å²) in [6.07, 6.45) is 2.87. The van der Waals surface area contributed by atoms with Crippen molar-refractivity contribution in [3.63, 3.8) is 0 Å². The summed E-state index contributed by atoms with van der Waals surface area (Å²) >= 11 is 0. The fourth-order valence-electron chi connectivity index (χ4n) is 3.97. The number of hydrogen-bond acceptors (Lipinski definition) is 4. The number of benzene rings is 2. The van der Waals surface area contributed by atoms with E-state index in [4.69, 9.17) is 0 Å². The zero-order valence-electron chi connectivity index (χ0n) is 15.6.